The standard InChI is InChI=1S/C7H5O2.Fe.H3O4P/c8-7(9)6-4-2-1-3-5-6;;1-5(2,3)4/h1-4H,(H,8,9);;(H3,1,2,3,4)/q-1;+4;/p-3. The molecule has 8 heteroatoms. The van der Waals surface area contributed by atoms with E-state index in [4.69, 9.17) is 24.4 Å². The molecule has 0 aliphatic carbocycles. The van der Waals surface area contributed by atoms with Crippen LogP contribution in [0, 0.1) is 6.07 Å². The summed E-state index contributed by atoms with van der Waals surface area (Å²) in [5.41, 5.74) is 0.206. The quantitative estimate of drug-likeness (QED) is 0.371. The van der Waals surface area contributed by atoms with Crippen LogP contribution in [-0.2, 0) is 21.6 Å². The number of aromatic carboxylic acids is 1. The minimum Gasteiger partial charge on any atom is -0.822 e. The Morgan fingerprint density at radius 3 is 2.00 bits per heavy atom. The summed E-state index contributed by atoms with van der Waals surface area (Å²) in [4.78, 5) is 35.8. The summed E-state index contributed by atoms with van der Waals surface area (Å²) in [7, 11) is -5.39. The maximum Gasteiger partial charge on any atom is 4.00 e. The van der Waals surface area contributed by atoms with E-state index in [2.05, 4.69) is 6.07 Å². The Hall–Kier alpha value is -0.681. The third kappa shape index (κ3) is 13.3. The van der Waals surface area contributed by atoms with Crippen molar-refractivity contribution in [3.63, 3.8) is 0 Å². The molecule has 0 radical (unpaired) electrons. The summed E-state index contributed by atoms with van der Waals surface area (Å²) in [6, 6.07) is 9.04. The number of carboxylic acids is 1. The monoisotopic (exact) mass is 272 g/mol. The smallest absolute Gasteiger partial charge is 0.822 e. The number of carboxylic acid groups (broad SMARTS) is 1. The molecule has 15 heavy (non-hydrogen) atoms. The molecule has 0 spiro atoms. The molecule has 0 amide bonds. The molecular formula is C7H5FeO6P. The zero-order valence-corrected chi connectivity index (χ0v) is 9.10. The molecule has 6 nitrogen and oxygen atoms in total. The van der Waals surface area contributed by atoms with Crippen LogP contribution in [0.15, 0.2) is 24.3 Å². The summed E-state index contributed by atoms with van der Waals surface area (Å²) < 4.78 is 8.55. The number of benzene rings is 1. The van der Waals surface area contributed by atoms with Crippen LogP contribution >= 0.6 is 7.82 Å². The third-order valence-corrected chi connectivity index (χ3v) is 0.939. The normalized spacial score (nSPS) is 9.27. The van der Waals surface area contributed by atoms with Crippen LogP contribution in [0.3, 0.4) is 0 Å². The number of phosphoric acid groups is 1. The van der Waals surface area contributed by atoms with Gasteiger partial charge in [0.1, 0.15) is 0 Å². The Kier molecular flexibility index (Phi) is 8.47. The van der Waals surface area contributed by atoms with E-state index in [1.165, 1.54) is 6.07 Å². The van der Waals surface area contributed by atoms with Crippen LogP contribution in [0.2, 0.25) is 0 Å². The van der Waals surface area contributed by atoms with E-state index in [-0.39, 0.29) is 22.6 Å². The van der Waals surface area contributed by atoms with E-state index in [0.29, 0.717) is 0 Å². The van der Waals surface area contributed by atoms with Crippen molar-refractivity contribution in [2.45, 2.75) is 0 Å². The number of hydrogen-bond donors (Lipinski definition) is 1. The fourth-order valence-corrected chi connectivity index (χ4v) is 0.526. The van der Waals surface area contributed by atoms with Crippen molar-refractivity contribution in [3.8, 4) is 0 Å². The topological polar surface area (TPSA) is 124 Å². The maximum atomic E-state index is 10.2. The Labute approximate surface area is 96.3 Å². The van der Waals surface area contributed by atoms with E-state index in [1.807, 2.05) is 0 Å². The van der Waals surface area contributed by atoms with Gasteiger partial charge < -0.3 is 29.1 Å². The van der Waals surface area contributed by atoms with Gasteiger partial charge in [-0.3, -0.25) is 0 Å². The average Bonchev–Trinajstić information content (AvgIpc) is 2.03. The van der Waals surface area contributed by atoms with Gasteiger partial charge in [-0.1, -0.05) is 5.56 Å². The average molecular weight is 272 g/mol. The van der Waals surface area contributed by atoms with Crippen molar-refractivity contribution in [3.05, 3.63) is 35.9 Å². The van der Waals surface area contributed by atoms with Crippen molar-refractivity contribution >= 4 is 13.8 Å². The van der Waals surface area contributed by atoms with E-state index >= 15 is 0 Å². The third-order valence-electron chi connectivity index (χ3n) is 0.939. The van der Waals surface area contributed by atoms with Gasteiger partial charge in [0.05, 0.1) is 0 Å². The van der Waals surface area contributed by atoms with Gasteiger partial charge in [-0.25, -0.2) is 0 Å². The second kappa shape index (κ2) is 7.59. The SMILES string of the molecule is O=C(O)c1[c-]cccc1.O=P([O-])([O-])[O-].[Fe+4]. The molecule has 1 rings (SSSR count). The van der Waals surface area contributed by atoms with Gasteiger partial charge >= 0.3 is 17.1 Å². The summed E-state index contributed by atoms with van der Waals surface area (Å²) >= 11 is 0. The fourth-order valence-electron chi connectivity index (χ4n) is 0.526. The minimum absolute atomic E-state index is 0. The van der Waals surface area contributed by atoms with Gasteiger partial charge in [-0.2, -0.15) is 7.82 Å². The van der Waals surface area contributed by atoms with Crippen LogP contribution in [0.4, 0.5) is 0 Å². The first-order valence-electron chi connectivity index (χ1n) is 3.24. The molecule has 0 aliphatic rings. The molecule has 1 aromatic rings. The van der Waals surface area contributed by atoms with E-state index < -0.39 is 13.8 Å². The fraction of sp³-hybridized carbons (Fsp3) is 0. The molecule has 82 valence electrons. The summed E-state index contributed by atoms with van der Waals surface area (Å²) in [6.45, 7) is 0. The van der Waals surface area contributed by atoms with E-state index in [9.17, 15) is 4.79 Å². The molecule has 0 bridgehead atoms. The van der Waals surface area contributed by atoms with E-state index in [1.54, 1.807) is 18.2 Å². The maximum absolute atomic E-state index is 10.2. The molecule has 0 aliphatic heterocycles. The van der Waals surface area contributed by atoms with Crippen molar-refractivity contribution in [2.24, 2.45) is 0 Å². The Balaban J connectivity index is 0. The van der Waals surface area contributed by atoms with Crippen LogP contribution in [0.1, 0.15) is 10.4 Å². The number of rotatable bonds is 1. The summed E-state index contributed by atoms with van der Waals surface area (Å²) in [5, 5.41) is 8.35. The Morgan fingerprint density at radius 1 is 1.33 bits per heavy atom. The van der Waals surface area contributed by atoms with Gasteiger partial charge in [0.2, 0.25) is 5.97 Å². The van der Waals surface area contributed by atoms with Crippen molar-refractivity contribution in [1.29, 1.82) is 0 Å². The van der Waals surface area contributed by atoms with Gasteiger partial charge in [0.15, 0.2) is 0 Å². The molecule has 1 aromatic carbocycles. The van der Waals surface area contributed by atoms with E-state index in [0.717, 1.165) is 0 Å². The molecule has 0 fully saturated rings. The minimum atomic E-state index is -5.39. The molecular weight excluding hydrogens is 267 g/mol. The van der Waals surface area contributed by atoms with Gasteiger partial charge in [0, 0.05) is 0 Å². The van der Waals surface area contributed by atoms with Crippen LogP contribution in [-0.4, -0.2) is 11.1 Å². The molecule has 0 saturated carbocycles. The van der Waals surface area contributed by atoms with Crippen LogP contribution < -0.4 is 14.7 Å². The van der Waals surface area contributed by atoms with Gasteiger partial charge in [-0.05, 0) is 0 Å². The molecule has 0 saturated heterocycles. The molecule has 0 aromatic heterocycles. The predicted molar refractivity (Wildman–Crippen MR) is 39.8 cm³/mol. The summed E-state index contributed by atoms with van der Waals surface area (Å²) in [6.07, 6.45) is 0. The Morgan fingerprint density at radius 2 is 1.80 bits per heavy atom. The van der Waals surface area contributed by atoms with Crippen LogP contribution in [0.5, 0.6) is 0 Å². The van der Waals surface area contributed by atoms with Crippen LogP contribution in [0.25, 0.3) is 0 Å². The summed E-state index contributed by atoms with van der Waals surface area (Å²) in [5.74, 6) is -0.935. The van der Waals surface area contributed by atoms with Crippen molar-refractivity contribution < 1.29 is 46.2 Å². The molecule has 0 heterocycles. The zero-order chi connectivity index (χ0) is 11.2. The van der Waals surface area contributed by atoms with Gasteiger partial charge in [0.25, 0.3) is 0 Å². The number of hydrogen-bond acceptors (Lipinski definition) is 5. The molecule has 1 N–H and O–H groups in total. The zero-order valence-electron chi connectivity index (χ0n) is 7.10. The first-order valence-corrected chi connectivity index (χ1v) is 4.70. The number of carbonyl (C=O) groups is 1. The first kappa shape index (κ1) is 16.7. The first-order chi connectivity index (χ1) is 6.30. The van der Waals surface area contributed by atoms with Crippen molar-refractivity contribution in [1.82, 2.24) is 0 Å². The largest absolute Gasteiger partial charge is 4.00 e. The van der Waals surface area contributed by atoms with Crippen molar-refractivity contribution in [2.75, 3.05) is 0 Å². The second-order valence-corrected chi connectivity index (χ2v) is 2.92. The van der Waals surface area contributed by atoms with Gasteiger partial charge in [-0.15, -0.1) is 30.3 Å². The Bertz CT molecular complexity index is 326. The molecule has 0 unspecified atom stereocenters. The molecule has 0 atom stereocenters. The second-order valence-electron chi connectivity index (χ2n) is 2.03. The predicted octanol–water partition coefficient (Wildman–Crippen LogP) is -1.64.